The summed E-state index contributed by atoms with van der Waals surface area (Å²) in [6.07, 6.45) is 3.80. The van der Waals surface area contributed by atoms with Crippen molar-refractivity contribution < 1.29 is 9.53 Å². The van der Waals surface area contributed by atoms with E-state index in [4.69, 9.17) is 4.74 Å². The van der Waals surface area contributed by atoms with E-state index in [1.54, 1.807) is 18.3 Å². The third kappa shape index (κ3) is 4.54. The van der Waals surface area contributed by atoms with Gasteiger partial charge in [0.15, 0.2) is 0 Å². The summed E-state index contributed by atoms with van der Waals surface area (Å²) in [7, 11) is 2.12. The van der Waals surface area contributed by atoms with Gasteiger partial charge >= 0.3 is 0 Å². The predicted octanol–water partition coefficient (Wildman–Crippen LogP) is 3.97. The maximum atomic E-state index is 13.0. The van der Waals surface area contributed by atoms with E-state index < -0.39 is 0 Å². The van der Waals surface area contributed by atoms with Crippen LogP contribution in [-0.2, 0) is 0 Å². The molecule has 2 aromatic heterocycles. The summed E-state index contributed by atoms with van der Waals surface area (Å²) in [5.41, 5.74) is 4.01. The number of hydrogen-bond donors (Lipinski definition) is 1. The van der Waals surface area contributed by atoms with Crippen molar-refractivity contribution in [3.63, 3.8) is 0 Å². The molecule has 0 radical (unpaired) electrons. The Hall–Kier alpha value is -2.99. The number of likely N-dealkylation sites (tertiary alicyclic amines) is 1. The van der Waals surface area contributed by atoms with Gasteiger partial charge in [-0.25, -0.2) is 4.98 Å². The fraction of sp³-hybridized carbons (Fsp3) is 0.348. The monoisotopic (exact) mass is 390 g/mol. The van der Waals surface area contributed by atoms with Crippen molar-refractivity contribution in [1.82, 2.24) is 14.9 Å². The van der Waals surface area contributed by atoms with Gasteiger partial charge in [0.25, 0.3) is 5.91 Å². The van der Waals surface area contributed by atoms with Crippen LogP contribution in [0.25, 0.3) is 10.9 Å². The number of aryl methyl sites for hydroxylation is 2. The first-order valence-electron chi connectivity index (χ1n) is 9.98. The van der Waals surface area contributed by atoms with Crippen molar-refractivity contribution in [3.8, 4) is 5.88 Å². The molecule has 1 aliphatic rings. The molecule has 1 fully saturated rings. The van der Waals surface area contributed by atoms with Crippen molar-refractivity contribution in [3.05, 3.63) is 59.4 Å². The highest BCUT2D eigenvalue weighted by Crippen LogP contribution is 2.23. The Bertz CT molecular complexity index is 1040. The molecule has 0 aliphatic carbocycles. The fourth-order valence-electron chi connectivity index (χ4n) is 3.68. The molecule has 6 heteroatoms. The number of nitrogens with zero attached hydrogens (tertiary/aromatic N) is 3. The van der Waals surface area contributed by atoms with E-state index in [0.29, 0.717) is 17.1 Å². The number of carbonyl (C=O) groups is 1. The van der Waals surface area contributed by atoms with E-state index in [1.807, 2.05) is 38.1 Å². The summed E-state index contributed by atoms with van der Waals surface area (Å²) in [4.78, 5) is 24.2. The number of piperidine rings is 1. The number of rotatable bonds is 4. The molecule has 1 amide bonds. The second-order valence-electron chi connectivity index (χ2n) is 7.79. The molecule has 1 saturated heterocycles. The highest BCUT2D eigenvalue weighted by molar-refractivity contribution is 6.12. The second-order valence-corrected chi connectivity index (χ2v) is 7.79. The maximum Gasteiger partial charge on any atom is 0.256 e. The topological polar surface area (TPSA) is 67.3 Å². The van der Waals surface area contributed by atoms with E-state index in [0.717, 1.165) is 48.1 Å². The summed E-state index contributed by atoms with van der Waals surface area (Å²) in [5, 5.41) is 3.84. The summed E-state index contributed by atoms with van der Waals surface area (Å²) < 4.78 is 6.04. The van der Waals surface area contributed by atoms with E-state index in [9.17, 15) is 4.79 Å². The number of hydrogen-bond acceptors (Lipinski definition) is 5. The minimum atomic E-state index is -0.164. The van der Waals surface area contributed by atoms with Crippen LogP contribution < -0.4 is 10.1 Å². The molecule has 1 aromatic carbocycles. The molecule has 0 bridgehead atoms. The Morgan fingerprint density at radius 3 is 2.72 bits per heavy atom. The molecule has 0 spiro atoms. The van der Waals surface area contributed by atoms with Gasteiger partial charge < -0.3 is 15.0 Å². The molecule has 1 aliphatic heterocycles. The summed E-state index contributed by atoms with van der Waals surface area (Å²) >= 11 is 0. The Morgan fingerprint density at radius 1 is 1.14 bits per heavy atom. The molecule has 1 N–H and O–H groups in total. The SMILES string of the molecule is Cc1ccc2nc(C)cc(C(=O)Nc3ccnc(OC4CCN(C)CC4)c3)c2c1. The molecule has 0 saturated carbocycles. The molecule has 29 heavy (non-hydrogen) atoms. The normalized spacial score (nSPS) is 15.4. The summed E-state index contributed by atoms with van der Waals surface area (Å²) in [6, 6.07) is 11.4. The van der Waals surface area contributed by atoms with Crippen molar-refractivity contribution in [2.24, 2.45) is 0 Å². The van der Waals surface area contributed by atoms with Gasteiger partial charge in [-0.05, 0) is 58.0 Å². The van der Waals surface area contributed by atoms with Gasteiger partial charge in [0.1, 0.15) is 6.10 Å². The smallest absolute Gasteiger partial charge is 0.256 e. The number of ether oxygens (including phenoxy) is 1. The first kappa shape index (κ1) is 19.3. The minimum Gasteiger partial charge on any atom is -0.474 e. The first-order chi connectivity index (χ1) is 14.0. The molecular weight excluding hydrogens is 364 g/mol. The molecular formula is C23H26N4O2. The average molecular weight is 390 g/mol. The fourth-order valence-corrected chi connectivity index (χ4v) is 3.68. The molecule has 4 rings (SSSR count). The molecule has 150 valence electrons. The third-order valence-corrected chi connectivity index (χ3v) is 5.28. The highest BCUT2D eigenvalue weighted by atomic mass is 16.5. The van der Waals surface area contributed by atoms with Gasteiger partial charge in [-0.1, -0.05) is 11.6 Å². The average Bonchev–Trinajstić information content (AvgIpc) is 2.70. The number of anilines is 1. The van der Waals surface area contributed by atoms with Crippen LogP contribution >= 0.6 is 0 Å². The second kappa shape index (κ2) is 8.17. The van der Waals surface area contributed by atoms with Crippen LogP contribution in [0.4, 0.5) is 5.69 Å². The zero-order chi connectivity index (χ0) is 20.4. The van der Waals surface area contributed by atoms with Gasteiger partial charge in [0, 0.05) is 42.1 Å². The molecule has 3 aromatic rings. The highest BCUT2D eigenvalue weighted by Gasteiger charge is 2.19. The van der Waals surface area contributed by atoms with Gasteiger partial charge in [0.2, 0.25) is 5.88 Å². The van der Waals surface area contributed by atoms with Crippen molar-refractivity contribution in [2.75, 3.05) is 25.5 Å². The molecule has 0 unspecified atom stereocenters. The lowest BCUT2D eigenvalue weighted by molar-refractivity contribution is 0.102. The zero-order valence-electron chi connectivity index (χ0n) is 17.1. The molecule has 3 heterocycles. The first-order valence-corrected chi connectivity index (χ1v) is 9.98. The Morgan fingerprint density at radius 2 is 1.93 bits per heavy atom. The van der Waals surface area contributed by atoms with Crippen LogP contribution in [-0.4, -0.2) is 47.0 Å². The largest absolute Gasteiger partial charge is 0.474 e. The summed E-state index contributed by atoms with van der Waals surface area (Å²) in [5.74, 6) is 0.381. The number of nitrogens with one attached hydrogen (secondary N) is 1. The van der Waals surface area contributed by atoms with Gasteiger partial charge in [-0.3, -0.25) is 9.78 Å². The van der Waals surface area contributed by atoms with Crippen LogP contribution in [0.15, 0.2) is 42.6 Å². The lowest BCUT2D eigenvalue weighted by Crippen LogP contribution is -2.35. The third-order valence-electron chi connectivity index (χ3n) is 5.28. The van der Waals surface area contributed by atoms with E-state index in [1.165, 1.54) is 0 Å². The van der Waals surface area contributed by atoms with Crippen molar-refractivity contribution in [1.29, 1.82) is 0 Å². The van der Waals surface area contributed by atoms with Crippen LogP contribution in [0.5, 0.6) is 5.88 Å². The number of pyridine rings is 2. The van der Waals surface area contributed by atoms with Gasteiger partial charge in [-0.2, -0.15) is 0 Å². The van der Waals surface area contributed by atoms with Gasteiger partial charge in [0.05, 0.1) is 11.1 Å². The number of aromatic nitrogens is 2. The van der Waals surface area contributed by atoms with Crippen LogP contribution in [0.2, 0.25) is 0 Å². The predicted molar refractivity (Wildman–Crippen MR) is 115 cm³/mol. The van der Waals surface area contributed by atoms with Gasteiger partial charge in [-0.15, -0.1) is 0 Å². The van der Waals surface area contributed by atoms with Crippen molar-refractivity contribution >= 4 is 22.5 Å². The molecule has 0 atom stereocenters. The number of carbonyl (C=O) groups excluding carboxylic acids is 1. The zero-order valence-corrected chi connectivity index (χ0v) is 17.1. The number of benzene rings is 1. The lowest BCUT2D eigenvalue weighted by atomic mass is 10.0. The molecule has 6 nitrogen and oxygen atoms in total. The standard InChI is InChI=1S/C23H26N4O2/c1-15-4-5-21-19(12-15)20(13-16(2)25-21)23(28)26-17-6-9-24-22(14-17)29-18-7-10-27(3)11-8-18/h4-6,9,12-14,18H,7-8,10-11H2,1-3H3,(H,24,26,28). The minimum absolute atomic E-state index is 0.164. The Labute approximate surface area is 170 Å². The Balaban J connectivity index is 1.53. The Kier molecular flexibility index (Phi) is 5.45. The number of amides is 1. The van der Waals surface area contributed by atoms with E-state index >= 15 is 0 Å². The van der Waals surface area contributed by atoms with Crippen LogP contribution in [0.3, 0.4) is 0 Å². The van der Waals surface area contributed by atoms with Crippen LogP contribution in [0.1, 0.15) is 34.5 Å². The van der Waals surface area contributed by atoms with E-state index in [2.05, 4.69) is 27.2 Å². The maximum absolute atomic E-state index is 13.0. The van der Waals surface area contributed by atoms with Crippen molar-refractivity contribution in [2.45, 2.75) is 32.8 Å². The number of fused-ring (bicyclic) bond motifs is 1. The quantitative estimate of drug-likeness (QED) is 0.730. The summed E-state index contributed by atoms with van der Waals surface area (Å²) in [6.45, 7) is 5.95. The van der Waals surface area contributed by atoms with Crippen LogP contribution in [0, 0.1) is 13.8 Å². The van der Waals surface area contributed by atoms with E-state index in [-0.39, 0.29) is 12.0 Å². The lowest BCUT2D eigenvalue weighted by Gasteiger charge is -2.28.